The maximum atomic E-state index is 4.00. The molecule has 0 aliphatic carbocycles. The molecule has 0 amide bonds. The second-order valence-electron chi connectivity index (χ2n) is 3.14. The molecule has 0 saturated heterocycles. The maximum absolute atomic E-state index is 4.00. The van der Waals surface area contributed by atoms with E-state index in [2.05, 4.69) is 39.3 Å². The number of hydrogen-bond donors (Lipinski definition) is 0. The Kier molecular flexibility index (Phi) is 4.37. The molecule has 0 saturated carbocycles. The first-order valence-electron chi connectivity index (χ1n) is 3.94. The molecule has 0 atom stereocenters. The third kappa shape index (κ3) is 3.67. The van der Waals surface area contributed by atoms with E-state index in [-0.39, 0.29) is 0 Å². The number of nitrogens with zero attached hydrogens (tertiary/aromatic N) is 1. The van der Waals surface area contributed by atoms with Crippen LogP contribution in [0, 0.1) is 5.92 Å². The maximum Gasteiger partial charge on any atom is 0.0189 e. The first-order valence-corrected chi connectivity index (χ1v) is 3.94. The highest BCUT2D eigenvalue weighted by molar-refractivity contribution is 4.99. The van der Waals surface area contributed by atoms with Crippen molar-refractivity contribution in [3.63, 3.8) is 0 Å². The standard InChI is InChI=1S/C9H19N/c1-6-10(5)7-9(4)8(2)3/h8H,4,6-7H2,1-3,5H3. The predicted octanol–water partition coefficient (Wildman–Crippen LogP) is 2.15. The van der Waals surface area contributed by atoms with E-state index in [1.807, 2.05) is 0 Å². The van der Waals surface area contributed by atoms with Crippen LogP contribution in [0.25, 0.3) is 0 Å². The molecule has 1 nitrogen and oxygen atoms in total. The van der Waals surface area contributed by atoms with Crippen molar-refractivity contribution in [1.29, 1.82) is 0 Å². The Morgan fingerprint density at radius 2 is 2.00 bits per heavy atom. The Balaban J connectivity index is 3.57. The summed E-state index contributed by atoms with van der Waals surface area (Å²) in [5, 5.41) is 0. The molecular weight excluding hydrogens is 122 g/mol. The smallest absolute Gasteiger partial charge is 0.0189 e. The Hall–Kier alpha value is -0.300. The molecule has 0 unspecified atom stereocenters. The number of hydrogen-bond acceptors (Lipinski definition) is 1. The third-order valence-electron chi connectivity index (χ3n) is 1.83. The van der Waals surface area contributed by atoms with Crippen LogP contribution >= 0.6 is 0 Å². The number of likely N-dealkylation sites (N-methyl/N-ethyl adjacent to an activating group) is 1. The van der Waals surface area contributed by atoms with Crippen molar-refractivity contribution in [1.82, 2.24) is 4.90 Å². The van der Waals surface area contributed by atoms with Gasteiger partial charge in [-0.1, -0.05) is 32.9 Å². The van der Waals surface area contributed by atoms with Crippen molar-refractivity contribution in [2.75, 3.05) is 20.1 Å². The van der Waals surface area contributed by atoms with Gasteiger partial charge in [0.05, 0.1) is 0 Å². The van der Waals surface area contributed by atoms with Crippen LogP contribution in [-0.4, -0.2) is 25.0 Å². The molecule has 0 aromatic heterocycles. The quantitative estimate of drug-likeness (QED) is 0.542. The zero-order chi connectivity index (χ0) is 8.15. The summed E-state index contributed by atoms with van der Waals surface area (Å²) in [6.45, 7) is 12.7. The monoisotopic (exact) mass is 141 g/mol. The van der Waals surface area contributed by atoms with E-state index >= 15 is 0 Å². The fourth-order valence-electron chi connectivity index (χ4n) is 0.641. The first kappa shape index (κ1) is 9.70. The molecule has 0 aromatic rings. The summed E-state index contributed by atoms with van der Waals surface area (Å²) in [4.78, 5) is 2.27. The molecule has 10 heavy (non-hydrogen) atoms. The van der Waals surface area contributed by atoms with Gasteiger partial charge in [0, 0.05) is 6.54 Å². The zero-order valence-electron chi connectivity index (χ0n) is 7.65. The Bertz CT molecular complexity index is 105. The van der Waals surface area contributed by atoms with E-state index in [1.165, 1.54) is 5.57 Å². The molecule has 0 radical (unpaired) electrons. The fraction of sp³-hybridized carbons (Fsp3) is 0.778. The molecule has 60 valence electrons. The lowest BCUT2D eigenvalue weighted by atomic mass is 10.1. The van der Waals surface area contributed by atoms with Gasteiger partial charge in [-0.25, -0.2) is 0 Å². The molecular formula is C9H19N. The largest absolute Gasteiger partial charge is 0.303 e. The molecule has 0 rings (SSSR count). The van der Waals surface area contributed by atoms with Crippen LogP contribution in [0.5, 0.6) is 0 Å². The molecule has 0 N–H and O–H groups in total. The third-order valence-corrected chi connectivity index (χ3v) is 1.83. The minimum Gasteiger partial charge on any atom is -0.303 e. The number of rotatable bonds is 4. The van der Waals surface area contributed by atoms with Gasteiger partial charge in [-0.2, -0.15) is 0 Å². The fourth-order valence-corrected chi connectivity index (χ4v) is 0.641. The minimum atomic E-state index is 0.619. The van der Waals surface area contributed by atoms with Crippen molar-refractivity contribution in [2.45, 2.75) is 20.8 Å². The van der Waals surface area contributed by atoms with Gasteiger partial charge in [0.2, 0.25) is 0 Å². The van der Waals surface area contributed by atoms with Gasteiger partial charge in [0.15, 0.2) is 0 Å². The second kappa shape index (κ2) is 4.51. The van der Waals surface area contributed by atoms with Crippen LogP contribution in [0.4, 0.5) is 0 Å². The van der Waals surface area contributed by atoms with Crippen molar-refractivity contribution in [3.05, 3.63) is 12.2 Å². The normalized spacial score (nSPS) is 11.0. The lowest BCUT2D eigenvalue weighted by molar-refractivity contribution is 0.372. The molecule has 0 aliphatic heterocycles. The summed E-state index contributed by atoms with van der Waals surface area (Å²) >= 11 is 0. The average Bonchev–Trinajstić information content (AvgIpc) is 1.87. The van der Waals surface area contributed by atoms with Gasteiger partial charge in [-0.3, -0.25) is 0 Å². The van der Waals surface area contributed by atoms with Crippen LogP contribution in [0.15, 0.2) is 12.2 Å². The minimum absolute atomic E-state index is 0.619. The van der Waals surface area contributed by atoms with E-state index in [0.717, 1.165) is 13.1 Å². The molecule has 0 bridgehead atoms. The summed E-state index contributed by atoms with van der Waals surface area (Å²) in [6, 6.07) is 0. The van der Waals surface area contributed by atoms with Gasteiger partial charge < -0.3 is 4.90 Å². The first-order chi connectivity index (χ1) is 4.57. The Morgan fingerprint density at radius 3 is 2.30 bits per heavy atom. The summed E-state index contributed by atoms with van der Waals surface area (Å²) < 4.78 is 0. The van der Waals surface area contributed by atoms with E-state index in [9.17, 15) is 0 Å². The summed E-state index contributed by atoms with van der Waals surface area (Å²) in [7, 11) is 2.12. The second-order valence-corrected chi connectivity index (χ2v) is 3.14. The molecule has 0 aliphatic rings. The van der Waals surface area contributed by atoms with Crippen molar-refractivity contribution < 1.29 is 0 Å². The molecule has 0 fully saturated rings. The van der Waals surface area contributed by atoms with Crippen LogP contribution in [-0.2, 0) is 0 Å². The molecule has 1 heteroatoms. The summed E-state index contributed by atoms with van der Waals surface area (Å²) in [5.41, 5.74) is 1.32. The Labute approximate surface area is 64.7 Å². The highest BCUT2D eigenvalue weighted by Gasteiger charge is 2.01. The lowest BCUT2D eigenvalue weighted by Crippen LogP contribution is -2.21. The van der Waals surface area contributed by atoms with Crippen molar-refractivity contribution in [2.24, 2.45) is 5.92 Å². The van der Waals surface area contributed by atoms with E-state index in [0.29, 0.717) is 5.92 Å². The van der Waals surface area contributed by atoms with E-state index in [4.69, 9.17) is 0 Å². The van der Waals surface area contributed by atoms with Gasteiger partial charge in [0.1, 0.15) is 0 Å². The Morgan fingerprint density at radius 1 is 1.50 bits per heavy atom. The molecule has 0 spiro atoms. The van der Waals surface area contributed by atoms with Gasteiger partial charge in [-0.05, 0) is 19.5 Å². The zero-order valence-corrected chi connectivity index (χ0v) is 7.65. The summed E-state index contributed by atoms with van der Waals surface area (Å²) in [6.07, 6.45) is 0. The molecule has 0 aromatic carbocycles. The van der Waals surface area contributed by atoms with Gasteiger partial charge in [0.25, 0.3) is 0 Å². The van der Waals surface area contributed by atoms with Crippen LogP contribution in [0.2, 0.25) is 0 Å². The molecule has 0 heterocycles. The van der Waals surface area contributed by atoms with E-state index in [1.54, 1.807) is 0 Å². The lowest BCUT2D eigenvalue weighted by Gasteiger charge is -2.17. The summed E-state index contributed by atoms with van der Waals surface area (Å²) in [5.74, 6) is 0.619. The average molecular weight is 141 g/mol. The SMILES string of the molecule is C=C(CN(C)CC)C(C)C. The van der Waals surface area contributed by atoms with Gasteiger partial charge >= 0.3 is 0 Å². The topological polar surface area (TPSA) is 3.24 Å². The highest BCUT2D eigenvalue weighted by atomic mass is 15.1. The van der Waals surface area contributed by atoms with Crippen LogP contribution in [0.1, 0.15) is 20.8 Å². The van der Waals surface area contributed by atoms with Gasteiger partial charge in [-0.15, -0.1) is 0 Å². The van der Waals surface area contributed by atoms with Crippen LogP contribution < -0.4 is 0 Å². The van der Waals surface area contributed by atoms with E-state index < -0.39 is 0 Å². The predicted molar refractivity (Wildman–Crippen MR) is 47.1 cm³/mol. The van der Waals surface area contributed by atoms with Crippen LogP contribution in [0.3, 0.4) is 0 Å². The van der Waals surface area contributed by atoms with Crippen molar-refractivity contribution >= 4 is 0 Å². The highest BCUT2D eigenvalue weighted by Crippen LogP contribution is 2.06. The van der Waals surface area contributed by atoms with Crippen molar-refractivity contribution in [3.8, 4) is 0 Å².